The molecule has 1 aliphatic rings. The van der Waals surface area contributed by atoms with Crippen LogP contribution in [-0.4, -0.2) is 54.0 Å². The number of hydrogen-bond donors (Lipinski definition) is 1. The van der Waals surface area contributed by atoms with E-state index in [2.05, 4.69) is 25.3 Å². The summed E-state index contributed by atoms with van der Waals surface area (Å²) in [5.41, 5.74) is 5.84. The van der Waals surface area contributed by atoms with Crippen molar-refractivity contribution in [3.05, 3.63) is 12.7 Å². The van der Waals surface area contributed by atoms with E-state index in [9.17, 15) is 4.79 Å². The Morgan fingerprint density at radius 2 is 2.06 bits per heavy atom. The van der Waals surface area contributed by atoms with Crippen LogP contribution >= 0.6 is 0 Å². The maximum Gasteiger partial charge on any atom is 0.239 e. The predicted molar refractivity (Wildman–Crippen MR) is 75.3 cm³/mol. The van der Waals surface area contributed by atoms with Gasteiger partial charge in [-0.25, -0.2) is 0 Å². The summed E-state index contributed by atoms with van der Waals surface area (Å²) in [5.74, 6) is 0.0397. The Morgan fingerprint density at radius 3 is 2.50 bits per heavy atom. The molecule has 18 heavy (non-hydrogen) atoms. The second-order valence-corrected chi connectivity index (χ2v) is 5.44. The molecule has 0 saturated carbocycles. The van der Waals surface area contributed by atoms with Gasteiger partial charge in [-0.05, 0) is 33.1 Å². The van der Waals surface area contributed by atoms with E-state index in [0.29, 0.717) is 18.5 Å². The Labute approximate surface area is 111 Å². The van der Waals surface area contributed by atoms with Gasteiger partial charge in [0.15, 0.2) is 0 Å². The molecule has 1 aliphatic heterocycles. The zero-order valence-corrected chi connectivity index (χ0v) is 11.9. The zero-order chi connectivity index (χ0) is 13.7. The first-order valence-corrected chi connectivity index (χ1v) is 6.84. The number of nitrogens with zero attached hydrogens (tertiary/aromatic N) is 2. The molecule has 1 rings (SSSR count). The van der Waals surface area contributed by atoms with E-state index in [1.165, 1.54) is 0 Å². The van der Waals surface area contributed by atoms with Gasteiger partial charge in [0.05, 0.1) is 6.04 Å². The average Bonchev–Trinajstić information content (AvgIpc) is 2.37. The molecule has 1 heterocycles. The van der Waals surface area contributed by atoms with Crippen LogP contribution in [0.25, 0.3) is 0 Å². The number of piperidine rings is 1. The third-order valence-electron chi connectivity index (χ3n) is 3.86. The second kappa shape index (κ2) is 6.90. The number of likely N-dealkylation sites (tertiary alicyclic amines) is 1. The van der Waals surface area contributed by atoms with Crippen molar-refractivity contribution in [2.24, 2.45) is 5.73 Å². The van der Waals surface area contributed by atoms with Crippen LogP contribution in [-0.2, 0) is 4.79 Å². The third-order valence-corrected chi connectivity index (χ3v) is 3.86. The summed E-state index contributed by atoms with van der Waals surface area (Å²) in [5, 5.41) is 0. The van der Waals surface area contributed by atoms with Gasteiger partial charge in [0.2, 0.25) is 5.91 Å². The highest BCUT2D eigenvalue weighted by Gasteiger charge is 2.28. The summed E-state index contributed by atoms with van der Waals surface area (Å²) in [6.45, 7) is 10.2. The first kappa shape index (κ1) is 15.2. The van der Waals surface area contributed by atoms with Crippen molar-refractivity contribution in [1.82, 2.24) is 9.80 Å². The summed E-state index contributed by atoms with van der Waals surface area (Å²) in [6, 6.07) is 0.494. The van der Waals surface area contributed by atoms with Gasteiger partial charge in [0, 0.05) is 32.2 Å². The molecule has 1 atom stereocenters. The van der Waals surface area contributed by atoms with Crippen LogP contribution in [0.2, 0.25) is 0 Å². The minimum Gasteiger partial charge on any atom is -0.341 e. The molecule has 0 spiro atoms. The molecular weight excluding hydrogens is 226 g/mol. The quantitative estimate of drug-likeness (QED) is 0.750. The Hall–Kier alpha value is -0.870. The lowest BCUT2D eigenvalue weighted by atomic mass is 10.0. The fourth-order valence-electron chi connectivity index (χ4n) is 2.51. The molecule has 1 saturated heterocycles. The number of carbonyl (C=O) groups is 1. The molecule has 1 fully saturated rings. The number of rotatable bonds is 5. The molecule has 0 aromatic rings. The minimum atomic E-state index is -0.435. The molecule has 0 radical (unpaired) electrons. The number of amides is 1. The molecule has 4 heteroatoms. The summed E-state index contributed by atoms with van der Waals surface area (Å²) in [7, 11) is 1.88. The van der Waals surface area contributed by atoms with E-state index >= 15 is 0 Å². The summed E-state index contributed by atoms with van der Waals surface area (Å²) >= 11 is 0. The molecule has 2 N–H and O–H groups in total. The van der Waals surface area contributed by atoms with Crippen molar-refractivity contribution in [2.45, 2.75) is 51.2 Å². The van der Waals surface area contributed by atoms with Gasteiger partial charge >= 0.3 is 0 Å². The van der Waals surface area contributed by atoms with E-state index in [4.69, 9.17) is 5.73 Å². The van der Waals surface area contributed by atoms with Crippen LogP contribution in [0.3, 0.4) is 0 Å². The SMILES string of the molecule is C=CCC(N)C(=O)N(C)C1CCN(C(C)C)CC1. The molecule has 0 bridgehead atoms. The topological polar surface area (TPSA) is 49.6 Å². The van der Waals surface area contributed by atoms with Crippen molar-refractivity contribution in [3.8, 4) is 0 Å². The third kappa shape index (κ3) is 3.82. The van der Waals surface area contributed by atoms with Gasteiger partial charge in [-0.15, -0.1) is 6.58 Å². The molecule has 1 unspecified atom stereocenters. The number of nitrogens with two attached hydrogens (primary N) is 1. The van der Waals surface area contributed by atoms with Crippen LogP contribution in [0.4, 0.5) is 0 Å². The molecule has 1 amide bonds. The van der Waals surface area contributed by atoms with Gasteiger partial charge in [-0.2, -0.15) is 0 Å². The fraction of sp³-hybridized carbons (Fsp3) is 0.786. The van der Waals surface area contributed by atoms with E-state index in [1.54, 1.807) is 6.08 Å². The molecule has 0 aromatic carbocycles. The second-order valence-electron chi connectivity index (χ2n) is 5.44. The lowest BCUT2D eigenvalue weighted by molar-refractivity contribution is -0.134. The highest BCUT2D eigenvalue weighted by atomic mass is 16.2. The molecule has 104 valence electrons. The smallest absolute Gasteiger partial charge is 0.239 e. The van der Waals surface area contributed by atoms with Gasteiger partial charge in [0.1, 0.15) is 0 Å². The Kier molecular flexibility index (Phi) is 5.82. The summed E-state index contributed by atoms with van der Waals surface area (Å²) in [6.07, 6.45) is 4.34. The lowest BCUT2D eigenvalue weighted by Crippen LogP contribution is -2.51. The predicted octanol–water partition coefficient (Wildman–Crippen LogP) is 1.22. The van der Waals surface area contributed by atoms with E-state index in [0.717, 1.165) is 25.9 Å². The number of carbonyl (C=O) groups excluding carboxylic acids is 1. The molecule has 4 nitrogen and oxygen atoms in total. The van der Waals surface area contributed by atoms with E-state index < -0.39 is 6.04 Å². The normalized spacial score (nSPS) is 19.8. The maximum absolute atomic E-state index is 12.1. The van der Waals surface area contributed by atoms with Crippen molar-refractivity contribution in [3.63, 3.8) is 0 Å². The van der Waals surface area contributed by atoms with Gasteiger partial charge < -0.3 is 15.5 Å². The fourth-order valence-corrected chi connectivity index (χ4v) is 2.51. The van der Waals surface area contributed by atoms with Gasteiger partial charge in [-0.3, -0.25) is 4.79 Å². The van der Waals surface area contributed by atoms with Crippen LogP contribution in [0.1, 0.15) is 33.1 Å². The van der Waals surface area contributed by atoms with E-state index in [1.807, 2.05) is 11.9 Å². The van der Waals surface area contributed by atoms with Crippen LogP contribution in [0, 0.1) is 0 Å². The Balaban J connectivity index is 2.46. The molecule has 0 aromatic heterocycles. The number of hydrogen-bond acceptors (Lipinski definition) is 3. The Bertz CT molecular complexity index is 283. The van der Waals surface area contributed by atoms with E-state index in [-0.39, 0.29) is 5.91 Å². The van der Waals surface area contributed by atoms with Crippen LogP contribution in [0.5, 0.6) is 0 Å². The van der Waals surface area contributed by atoms with Crippen molar-refractivity contribution < 1.29 is 4.79 Å². The summed E-state index contributed by atoms with van der Waals surface area (Å²) < 4.78 is 0. The lowest BCUT2D eigenvalue weighted by Gasteiger charge is -2.39. The standard InChI is InChI=1S/C14H27N3O/c1-5-6-13(15)14(18)16(4)12-7-9-17(10-8-12)11(2)3/h5,11-13H,1,6-10,15H2,2-4H3. The average molecular weight is 253 g/mol. The molecular formula is C14H27N3O. The zero-order valence-electron chi connectivity index (χ0n) is 11.9. The highest BCUT2D eigenvalue weighted by molar-refractivity contribution is 5.81. The van der Waals surface area contributed by atoms with Gasteiger partial charge in [0.25, 0.3) is 0 Å². The largest absolute Gasteiger partial charge is 0.341 e. The van der Waals surface area contributed by atoms with Crippen molar-refractivity contribution in [1.29, 1.82) is 0 Å². The first-order valence-electron chi connectivity index (χ1n) is 6.84. The minimum absolute atomic E-state index is 0.0397. The van der Waals surface area contributed by atoms with Crippen molar-refractivity contribution in [2.75, 3.05) is 20.1 Å². The van der Waals surface area contributed by atoms with Gasteiger partial charge in [-0.1, -0.05) is 6.08 Å². The number of likely N-dealkylation sites (N-methyl/N-ethyl adjacent to an activating group) is 1. The maximum atomic E-state index is 12.1. The highest BCUT2D eigenvalue weighted by Crippen LogP contribution is 2.18. The first-order chi connectivity index (χ1) is 8.47. The monoisotopic (exact) mass is 253 g/mol. The summed E-state index contributed by atoms with van der Waals surface area (Å²) in [4.78, 5) is 16.4. The Morgan fingerprint density at radius 1 is 1.50 bits per heavy atom. The molecule has 0 aliphatic carbocycles. The van der Waals surface area contributed by atoms with Crippen LogP contribution in [0.15, 0.2) is 12.7 Å². The van der Waals surface area contributed by atoms with Crippen molar-refractivity contribution >= 4 is 5.91 Å². The van der Waals surface area contributed by atoms with Crippen LogP contribution < -0.4 is 5.73 Å².